The largest absolute Gasteiger partial charge is 0.454 e. The van der Waals surface area contributed by atoms with Crippen molar-refractivity contribution in [3.05, 3.63) is 23.8 Å². The maximum absolute atomic E-state index is 5.57. The van der Waals surface area contributed by atoms with Crippen molar-refractivity contribution in [2.24, 2.45) is 11.8 Å². The van der Waals surface area contributed by atoms with Crippen molar-refractivity contribution < 1.29 is 9.47 Å². The van der Waals surface area contributed by atoms with Crippen molar-refractivity contribution >= 4 is 17.3 Å². The highest BCUT2D eigenvalue weighted by Crippen LogP contribution is 2.32. The maximum atomic E-state index is 5.57. The van der Waals surface area contributed by atoms with Crippen LogP contribution in [0.4, 0.5) is 0 Å². The SMILES string of the molecule is CC(C)CN(CC(C)C)C(=S)NCc1ccc2c(c1)OCO2. The molecule has 0 fully saturated rings. The van der Waals surface area contributed by atoms with Gasteiger partial charge in [-0.05, 0) is 41.7 Å². The van der Waals surface area contributed by atoms with Crippen molar-refractivity contribution in [1.82, 2.24) is 10.2 Å². The van der Waals surface area contributed by atoms with Gasteiger partial charge in [0, 0.05) is 19.6 Å². The molecule has 1 aliphatic heterocycles. The van der Waals surface area contributed by atoms with E-state index in [9.17, 15) is 0 Å². The summed E-state index contributed by atoms with van der Waals surface area (Å²) >= 11 is 5.57. The van der Waals surface area contributed by atoms with E-state index < -0.39 is 0 Å². The van der Waals surface area contributed by atoms with Gasteiger partial charge in [0.05, 0.1) is 0 Å². The number of hydrogen-bond acceptors (Lipinski definition) is 3. The number of benzene rings is 1. The van der Waals surface area contributed by atoms with Gasteiger partial charge in [-0.3, -0.25) is 0 Å². The second-order valence-electron chi connectivity index (χ2n) is 6.54. The van der Waals surface area contributed by atoms with E-state index in [1.54, 1.807) is 0 Å². The Hall–Kier alpha value is -1.49. The molecule has 0 bridgehead atoms. The van der Waals surface area contributed by atoms with E-state index in [0.29, 0.717) is 25.2 Å². The minimum atomic E-state index is 0.307. The second-order valence-corrected chi connectivity index (χ2v) is 6.93. The number of hydrogen-bond donors (Lipinski definition) is 1. The van der Waals surface area contributed by atoms with Gasteiger partial charge in [-0.1, -0.05) is 33.8 Å². The summed E-state index contributed by atoms with van der Waals surface area (Å²) in [6, 6.07) is 5.99. The van der Waals surface area contributed by atoms with E-state index in [-0.39, 0.29) is 0 Å². The lowest BCUT2D eigenvalue weighted by Gasteiger charge is -2.29. The van der Waals surface area contributed by atoms with E-state index in [1.807, 2.05) is 18.2 Å². The van der Waals surface area contributed by atoms with E-state index >= 15 is 0 Å². The monoisotopic (exact) mass is 322 g/mol. The van der Waals surface area contributed by atoms with Crippen molar-refractivity contribution in [3.8, 4) is 11.5 Å². The summed E-state index contributed by atoms with van der Waals surface area (Å²) in [6.07, 6.45) is 0. The van der Waals surface area contributed by atoms with Gasteiger partial charge in [0.25, 0.3) is 0 Å². The van der Waals surface area contributed by atoms with E-state index in [0.717, 1.165) is 35.3 Å². The van der Waals surface area contributed by atoms with Crippen molar-refractivity contribution in [2.45, 2.75) is 34.2 Å². The molecule has 1 aromatic rings. The quantitative estimate of drug-likeness (QED) is 0.812. The first-order valence-corrected chi connectivity index (χ1v) is 8.28. The van der Waals surface area contributed by atoms with Gasteiger partial charge in [0.15, 0.2) is 16.6 Å². The highest BCUT2D eigenvalue weighted by Gasteiger charge is 2.15. The van der Waals surface area contributed by atoms with Gasteiger partial charge in [-0.2, -0.15) is 0 Å². The Bertz CT molecular complexity index is 507. The summed E-state index contributed by atoms with van der Waals surface area (Å²) in [6.45, 7) is 11.8. The average Bonchev–Trinajstić information content (AvgIpc) is 2.90. The van der Waals surface area contributed by atoms with Crippen LogP contribution >= 0.6 is 12.2 Å². The Labute approximate surface area is 138 Å². The molecule has 1 aliphatic rings. The molecule has 0 radical (unpaired) electrons. The molecule has 4 nitrogen and oxygen atoms in total. The minimum Gasteiger partial charge on any atom is -0.454 e. The van der Waals surface area contributed by atoms with Crippen LogP contribution in [0, 0.1) is 11.8 Å². The van der Waals surface area contributed by atoms with Gasteiger partial charge in [-0.25, -0.2) is 0 Å². The van der Waals surface area contributed by atoms with E-state index in [2.05, 4.69) is 37.9 Å². The fourth-order valence-corrected chi connectivity index (χ4v) is 2.68. The summed E-state index contributed by atoms with van der Waals surface area (Å²) in [5.74, 6) is 2.80. The summed E-state index contributed by atoms with van der Waals surface area (Å²) in [5, 5.41) is 4.18. The average molecular weight is 322 g/mol. The zero-order chi connectivity index (χ0) is 16.1. The van der Waals surface area contributed by atoms with Crippen LogP contribution in [-0.2, 0) is 6.54 Å². The van der Waals surface area contributed by atoms with Crippen molar-refractivity contribution in [3.63, 3.8) is 0 Å². The van der Waals surface area contributed by atoms with Crippen LogP contribution in [-0.4, -0.2) is 29.9 Å². The lowest BCUT2D eigenvalue weighted by molar-refractivity contribution is 0.174. The smallest absolute Gasteiger partial charge is 0.231 e. The first-order valence-electron chi connectivity index (χ1n) is 7.87. The van der Waals surface area contributed by atoms with E-state index in [4.69, 9.17) is 21.7 Å². The first-order chi connectivity index (χ1) is 10.5. The Kier molecular flexibility index (Phi) is 5.89. The fraction of sp³-hybridized carbons (Fsp3) is 0.588. The molecule has 1 heterocycles. The molecular formula is C17H26N2O2S. The van der Waals surface area contributed by atoms with Gasteiger partial charge in [-0.15, -0.1) is 0 Å². The van der Waals surface area contributed by atoms with Crippen LogP contribution in [0.15, 0.2) is 18.2 Å². The number of rotatable bonds is 6. The lowest BCUT2D eigenvalue weighted by Crippen LogP contribution is -2.43. The van der Waals surface area contributed by atoms with Gasteiger partial charge < -0.3 is 19.7 Å². The Morgan fingerprint density at radius 2 is 1.77 bits per heavy atom. The number of ether oxygens (including phenoxy) is 2. The van der Waals surface area contributed by atoms with Crippen LogP contribution in [0.5, 0.6) is 11.5 Å². The highest BCUT2D eigenvalue weighted by atomic mass is 32.1. The molecule has 0 amide bonds. The summed E-state index contributed by atoms with van der Waals surface area (Å²) in [4.78, 5) is 2.26. The molecule has 0 unspecified atom stereocenters. The molecule has 5 heteroatoms. The molecule has 2 rings (SSSR count). The normalized spacial score (nSPS) is 12.8. The number of nitrogens with one attached hydrogen (secondary N) is 1. The van der Waals surface area contributed by atoms with Crippen LogP contribution in [0.3, 0.4) is 0 Å². The number of nitrogens with zero attached hydrogens (tertiary/aromatic N) is 1. The predicted molar refractivity (Wildman–Crippen MR) is 93.3 cm³/mol. The standard InChI is InChI=1S/C17H26N2O2S/c1-12(2)9-19(10-13(3)4)17(22)18-8-14-5-6-15-16(7-14)21-11-20-15/h5-7,12-13H,8-11H2,1-4H3,(H,18,22). The maximum Gasteiger partial charge on any atom is 0.231 e. The van der Waals surface area contributed by atoms with Crippen LogP contribution in [0.2, 0.25) is 0 Å². The van der Waals surface area contributed by atoms with Gasteiger partial charge in [0.2, 0.25) is 6.79 Å². The summed E-state index contributed by atoms with van der Waals surface area (Å²) in [5.41, 5.74) is 1.14. The second kappa shape index (κ2) is 7.68. The number of fused-ring (bicyclic) bond motifs is 1. The Morgan fingerprint density at radius 1 is 1.14 bits per heavy atom. The van der Waals surface area contributed by atoms with Crippen molar-refractivity contribution in [1.29, 1.82) is 0 Å². The van der Waals surface area contributed by atoms with Crippen LogP contribution < -0.4 is 14.8 Å². The third kappa shape index (κ3) is 4.77. The zero-order valence-corrected chi connectivity index (χ0v) is 14.7. The summed E-state index contributed by atoms with van der Waals surface area (Å²) in [7, 11) is 0. The summed E-state index contributed by atoms with van der Waals surface area (Å²) < 4.78 is 10.7. The van der Waals surface area contributed by atoms with Crippen LogP contribution in [0.1, 0.15) is 33.3 Å². The van der Waals surface area contributed by atoms with E-state index in [1.165, 1.54) is 0 Å². The van der Waals surface area contributed by atoms with Gasteiger partial charge in [0.1, 0.15) is 0 Å². The number of thiocarbonyl (C=S) groups is 1. The molecule has 1 aromatic carbocycles. The third-order valence-electron chi connectivity index (χ3n) is 3.34. The molecule has 0 saturated carbocycles. The first kappa shape index (κ1) is 16.9. The predicted octanol–water partition coefficient (Wildman–Crippen LogP) is 3.40. The molecular weight excluding hydrogens is 296 g/mol. The minimum absolute atomic E-state index is 0.307. The molecule has 22 heavy (non-hydrogen) atoms. The molecule has 1 N–H and O–H groups in total. The zero-order valence-electron chi connectivity index (χ0n) is 13.9. The molecule has 0 aromatic heterocycles. The Morgan fingerprint density at radius 3 is 2.41 bits per heavy atom. The lowest BCUT2D eigenvalue weighted by atomic mass is 10.1. The molecule has 0 atom stereocenters. The Balaban J connectivity index is 1.92. The highest BCUT2D eigenvalue weighted by molar-refractivity contribution is 7.80. The molecule has 122 valence electrons. The topological polar surface area (TPSA) is 33.7 Å². The van der Waals surface area contributed by atoms with Crippen LogP contribution in [0.25, 0.3) is 0 Å². The molecule has 0 aliphatic carbocycles. The van der Waals surface area contributed by atoms with Crippen molar-refractivity contribution in [2.75, 3.05) is 19.9 Å². The van der Waals surface area contributed by atoms with Gasteiger partial charge >= 0.3 is 0 Å². The molecule has 0 saturated heterocycles. The molecule has 0 spiro atoms. The fourth-order valence-electron chi connectivity index (χ4n) is 2.46. The third-order valence-corrected chi connectivity index (χ3v) is 3.74.